The Bertz CT molecular complexity index is 845. The van der Waals surface area contributed by atoms with Crippen molar-refractivity contribution in [2.24, 2.45) is 0 Å². The van der Waals surface area contributed by atoms with Gasteiger partial charge in [0.15, 0.2) is 4.34 Å². The number of halogens is 2. The van der Waals surface area contributed by atoms with Crippen LogP contribution in [0.5, 0.6) is 0 Å². The zero-order chi connectivity index (χ0) is 18.7. The number of rotatable bonds is 6. The predicted molar refractivity (Wildman–Crippen MR) is 111 cm³/mol. The van der Waals surface area contributed by atoms with Crippen LogP contribution < -0.4 is 0 Å². The van der Waals surface area contributed by atoms with Crippen LogP contribution >= 0.6 is 46.3 Å². The number of carboxylic acids is 1. The van der Waals surface area contributed by atoms with E-state index in [1.807, 2.05) is 55.5 Å². The van der Waals surface area contributed by atoms with Crippen molar-refractivity contribution >= 4 is 52.3 Å². The number of hydrogen-bond acceptors (Lipinski definition) is 4. The van der Waals surface area contributed by atoms with Crippen molar-refractivity contribution in [1.29, 1.82) is 0 Å². The first-order valence-corrected chi connectivity index (χ1v) is 10.3. The number of hydrogen-bond donors (Lipinski definition) is 1. The van der Waals surface area contributed by atoms with Gasteiger partial charge in [0.05, 0.1) is 10.6 Å². The molecular formula is C19H15Cl2NO2S2. The molecule has 0 aliphatic carbocycles. The third-order valence-electron chi connectivity index (χ3n) is 3.72. The Hall–Kier alpha value is -1.53. The predicted octanol–water partition coefficient (Wildman–Crippen LogP) is 6.74. The molecule has 1 N–H and O–H groups in total. The van der Waals surface area contributed by atoms with Gasteiger partial charge in [-0.15, -0.1) is 11.3 Å². The van der Waals surface area contributed by atoms with Gasteiger partial charge in [-0.05, 0) is 36.2 Å². The highest BCUT2D eigenvalue weighted by atomic mass is 35.5. The summed E-state index contributed by atoms with van der Waals surface area (Å²) >= 11 is 14.8. The van der Waals surface area contributed by atoms with Gasteiger partial charge in [-0.3, -0.25) is 4.79 Å². The van der Waals surface area contributed by atoms with Crippen LogP contribution in [-0.4, -0.2) is 21.3 Å². The van der Waals surface area contributed by atoms with Crippen LogP contribution in [0.15, 0.2) is 52.9 Å². The lowest BCUT2D eigenvalue weighted by molar-refractivity contribution is -0.136. The molecule has 3 rings (SSSR count). The average molecular weight is 424 g/mol. The minimum atomic E-state index is -0.825. The van der Waals surface area contributed by atoms with Crippen molar-refractivity contribution < 1.29 is 9.90 Å². The lowest BCUT2D eigenvalue weighted by atomic mass is 10.1. The van der Waals surface area contributed by atoms with E-state index in [0.717, 1.165) is 26.0 Å². The largest absolute Gasteiger partial charge is 0.480 e. The molecule has 0 aliphatic heterocycles. The van der Waals surface area contributed by atoms with Gasteiger partial charge in [-0.2, -0.15) is 0 Å². The molecule has 0 radical (unpaired) electrons. The summed E-state index contributed by atoms with van der Waals surface area (Å²) in [4.78, 5) is 17.1. The minimum absolute atomic E-state index is 0.516. The second-order valence-corrected chi connectivity index (χ2v) is 8.85. The molecule has 7 heteroatoms. The zero-order valence-corrected chi connectivity index (χ0v) is 16.9. The van der Waals surface area contributed by atoms with Crippen molar-refractivity contribution in [3.05, 3.63) is 58.6 Å². The Morgan fingerprint density at radius 2 is 1.62 bits per heavy atom. The minimum Gasteiger partial charge on any atom is -0.480 e. The fourth-order valence-corrected chi connectivity index (χ4v) is 4.90. The molecule has 0 spiro atoms. The smallest absolute Gasteiger partial charge is 0.317 e. The summed E-state index contributed by atoms with van der Waals surface area (Å²) in [6.07, 6.45) is 0.534. The van der Waals surface area contributed by atoms with Gasteiger partial charge in [-0.1, -0.05) is 66.2 Å². The van der Waals surface area contributed by atoms with Crippen molar-refractivity contribution in [2.45, 2.75) is 22.9 Å². The monoisotopic (exact) mass is 423 g/mol. The van der Waals surface area contributed by atoms with Crippen LogP contribution in [-0.2, 0) is 4.79 Å². The normalized spacial score (nSPS) is 12.1. The van der Waals surface area contributed by atoms with Crippen LogP contribution in [0.2, 0.25) is 10.0 Å². The number of aromatic nitrogens is 1. The van der Waals surface area contributed by atoms with E-state index in [-0.39, 0.29) is 0 Å². The molecule has 0 bridgehead atoms. The molecule has 3 aromatic rings. The molecule has 0 saturated carbocycles. The molecule has 0 aliphatic rings. The molecule has 0 fully saturated rings. The van der Waals surface area contributed by atoms with Crippen LogP contribution in [0.1, 0.15) is 13.3 Å². The Kier molecular flexibility index (Phi) is 6.24. The second kappa shape index (κ2) is 8.44. The van der Waals surface area contributed by atoms with E-state index in [2.05, 4.69) is 0 Å². The van der Waals surface area contributed by atoms with Gasteiger partial charge < -0.3 is 5.11 Å². The number of carbonyl (C=O) groups is 1. The van der Waals surface area contributed by atoms with Crippen LogP contribution in [0.4, 0.5) is 0 Å². The Morgan fingerprint density at radius 3 is 2.12 bits per heavy atom. The molecule has 0 amide bonds. The zero-order valence-electron chi connectivity index (χ0n) is 13.8. The van der Waals surface area contributed by atoms with Gasteiger partial charge >= 0.3 is 5.97 Å². The molecule has 1 atom stereocenters. The number of nitrogens with zero attached hydrogens (tertiary/aromatic N) is 1. The van der Waals surface area contributed by atoms with Crippen molar-refractivity contribution in [3.8, 4) is 21.7 Å². The number of thiazole rings is 1. The molecule has 0 saturated heterocycles. The Balaban J connectivity index is 2.06. The van der Waals surface area contributed by atoms with Crippen molar-refractivity contribution in [1.82, 2.24) is 4.98 Å². The van der Waals surface area contributed by atoms with E-state index < -0.39 is 11.2 Å². The summed E-state index contributed by atoms with van der Waals surface area (Å²) in [5.41, 5.74) is 2.75. The lowest BCUT2D eigenvalue weighted by Crippen LogP contribution is -2.14. The van der Waals surface area contributed by atoms with E-state index in [1.165, 1.54) is 23.1 Å². The maximum absolute atomic E-state index is 11.4. The van der Waals surface area contributed by atoms with E-state index in [9.17, 15) is 9.90 Å². The number of aliphatic carboxylic acids is 1. The van der Waals surface area contributed by atoms with Crippen molar-refractivity contribution in [2.75, 3.05) is 0 Å². The fraction of sp³-hybridized carbons (Fsp3) is 0.158. The summed E-state index contributed by atoms with van der Waals surface area (Å²) in [5.74, 6) is -0.825. The van der Waals surface area contributed by atoms with Gasteiger partial charge in [0.25, 0.3) is 0 Å². The van der Waals surface area contributed by atoms with E-state index in [4.69, 9.17) is 28.2 Å². The van der Waals surface area contributed by atoms with Crippen LogP contribution in [0.25, 0.3) is 21.7 Å². The SMILES string of the molecule is CCC(Sc1nc(-c2ccc(Cl)cc2)c(-c2ccc(Cl)cc2)s1)C(=O)O. The topological polar surface area (TPSA) is 50.2 Å². The molecule has 134 valence electrons. The molecule has 1 heterocycles. The van der Waals surface area contributed by atoms with Crippen LogP contribution in [0, 0.1) is 0 Å². The molecule has 3 nitrogen and oxygen atoms in total. The number of benzene rings is 2. The third kappa shape index (κ3) is 4.41. The molecular weight excluding hydrogens is 409 g/mol. The first kappa shape index (κ1) is 19.2. The first-order valence-electron chi connectivity index (χ1n) is 7.90. The van der Waals surface area contributed by atoms with Crippen molar-refractivity contribution in [3.63, 3.8) is 0 Å². The maximum atomic E-state index is 11.4. The van der Waals surface area contributed by atoms with Gasteiger partial charge in [0.1, 0.15) is 5.25 Å². The quantitative estimate of drug-likeness (QED) is 0.445. The van der Waals surface area contributed by atoms with E-state index in [1.54, 1.807) is 0 Å². The first-order chi connectivity index (χ1) is 12.5. The standard InChI is InChI=1S/C19H15Cl2NO2S2/c1-2-15(18(23)24)25-19-22-16(11-3-7-13(20)8-4-11)17(26-19)12-5-9-14(21)10-6-12/h3-10,15H,2H2,1H3,(H,23,24). The Morgan fingerprint density at radius 1 is 1.08 bits per heavy atom. The summed E-state index contributed by atoms with van der Waals surface area (Å²) in [6, 6.07) is 15.0. The molecule has 2 aromatic carbocycles. The van der Waals surface area contributed by atoms with Gasteiger partial charge in [0, 0.05) is 15.6 Å². The average Bonchev–Trinajstić information content (AvgIpc) is 3.04. The highest BCUT2D eigenvalue weighted by Gasteiger charge is 2.21. The third-order valence-corrected chi connectivity index (χ3v) is 6.78. The Labute approximate surface area is 170 Å². The summed E-state index contributed by atoms with van der Waals surface area (Å²) < 4.78 is 0.731. The molecule has 26 heavy (non-hydrogen) atoms. The van der Waals surface area contributed by atoms with Gasteiger partial charge in [0.2, 0.25) is 0 Å². The van der Waals surface area contributed by atoms with E-state index >= 15 is 0 Å². The summed E-state index contributed by atoms with van der Waals surface area (Å²) in [6.45, 7) is 1.86. The van der Waals surface area contributed by atoms with E-state index in [0.29, 0.717) is 16.5 Å². The highest BCUT2D eigenvalue weighted by Crippen LogP contribution is 2.42. The van der Waals surface area contributed by atoms with Crippen LogP contribution in [0.3, 0.4) is 0 Å². The lowest BCUT2D eigenvalue weighted by Gasteiger charge is -2.05. The fourth-order valence-electron chi connectivity index (χ4n) is 2.38. The number of carboxylic acid groups (broad SMARTS) is 1. The molecule has 1 unspecified atom stereocenters. The summed E-state index contributed by atoms with van der Waals surface area (Å²) in [5, 5.41) is 10.1. The maximum Gasteiger partial charge on any atom is 0.317 e. The molecule has 1 aromatic heterocycles. The van der Waals surface area contributed by atoms with Gasteiger partial charge in [-0.25, -0.2) is 4.98 Å². The highest BCUT2D eigenvalue weighted by molar-refractivity contribution is 8.02. The number of thioether (sulfide) groups is 1. The summed E-state index contributed by atoms with van der Waals surface area (Å²) in [7, 11) is 0. The second-order valence-electron chi connectivity index (χ2n) is 5.52.